The van der Waals surface area contributed by atoms with Crippen LogP contribution in [-0.4, -0.2) is 16.1 Å². The van der Waals surface area contributed by atoms with E-state index in [4.69, 9.17) is 11.6 Å². The van der Waals surface area contributed by atoms with Crippen LogP contribution in [0.5, 0.6) is 0 Å². The minimum Gasteiger partial charge on any atom is -0.322 e. The molecule has 152 valence electrons. The van der Waals surface area contributed by atoms with Gasteiger partial charge in [-0.3, -0.25) is 9.78 Å². The van der Waals surface area contributed by atoms with Gasteiger partial charge in [-0.1, -0.05) is 42.8 Å². The largest absolute Gasteiger partial charge is 0.322 e. The normalized spacial score (nSPS) is 18.2. The number of carbonyl (C=O) groups is 1. The molecule has 0 spiro atoms. The third kappa shape index (κ3) is 4.11. The molecule has 0 bridgehead atoms. The first-order valence-electron chi connectivity index (χ1n) is 9.27. The number of amides is 1. The van der Waals surface area contributed by atoms with Gasteiger partial charge in [0.05, 0.1) is 5.02 Å². The zero-order chi connectivity index (χ0) is 21.3. The number of nitrogens with zero attached hydrogens (tertiary/aromatic N) is 1. The molecule has 1 aliphatic rings. The number of benzene rings is 2. The van der Waals surface area contributed by atoms with Gasteiger partial charge in [-0.05, 0) is 35.9 Å². The second-order valence-electron chi connectivity index (χ2n) is 6.91. The predicted octanol–water partition coefficient (Wildman–Crippen LogP) is 6.53. The Morgan fingerprint density at radius 1 is 1.10 bits per heavy atom. The van der Waals surface area contributed by atoms with Gasteiger partial charge in [0.25, 0.3) is 5.91 Å². The van der Waals surface area contributed by atoms with Gasteiger partial charge in [0.2, 0.25) is 0 Å². The Morgan fingerprint density at radius 2 is 1.80 bits per heavy atom. The molecule has 1 aliphatic heterocycles. The first kappa shape index (κ1) is 20.6. The zero-order valence-electron chi connectivity index (χ0n) is 15.9. The van der Waals surface area contributed by atoms with Crippen molar-refractivity contribution in [3.05, 3.63) is 100 Å². The molecule has 0 radical (unpaired) electrons. The van der Waals surface area contributed by atoms with Gasteiger partial charge >= 0.3 is 0 Å². The van der Waals surface area contributed by atoms with Gasteiger partial charge in [-0.2, -0.15) is 0 Å². The van der Waals surface area contributed by atoms with E-state index in [-0.39, 0.29) is 5.92 Å². The highest BCUT2D eigenvalue weighted by molar-refractivity contribution is 8.09. The molecule has 3 aromatic rings. The number of thioether (sulfide) groups is 1. The molecular formula is C23H17ClF2N2OS. The number of pyridine rings is 1. The monoisotopic (exact) mass is 442 g/mol. The molecule has 30 heavy (non-hydrogen) atoms. The smallest absolute Gasteiger partial charge is 0.261 e. The number of rotatable bonds is 4. The molecule has 0 aliphatic carbocycles. The molecule has 2 aromatic carbocycles. The Bertz CT molecular complexity index is 1110. The zero-order valence-corrected chi connectivity index (χ0v) is 17.5. The number of hydrogen-bond acceptors (Lipinski definition) is 3. The van der Waals surface area contributed by atoms with Crippen LogP contribution in [-0.2, 0) is 0 Å². The van der Waals surface area contributed by atoms with Crippen molar-refractivity contribution in [1.82, 2.24) is 4.98 Å². The van der Waals surface area contributed by atoms with Crippen LogP contribution in [0.15, 0.2) is 67.0 Å². The summed E-state index contributed by atoms with van der Waals surface area (Å²) in [5.41, 5.74) is 1.85. The molecule has 7 heteroatoms. The Kier molecular flexibility index (Phi) is 5.88. The minimum atomic E-state index is -0.896. The second-order valence-corrected chi connectivity index (χ2v) is 8.73. The van der Waals surface area contributed by atoms with Crippen molar-refractivity contribution < 1.29 is 13.6 Å². The summed E-state index contributed by atoms with van der Waals surface area (Å²) in [5, 5.41) is 3.50. The highest BCUT2D eigenvalue weighted by atomic mass is 35.5. The lowest BCUT2D eigenvalue weighted by atomic mass is 9.95. The predicted molar refractivity (Wildman–Crippen MR) is 118 cm³/mol. The number of hydrogen-bond donors (Lipinski definition) is 1. The summed E-state index contributed by atoms with van der Waals surface area (Å²) in [4.78, 5) is 17.5. The Morgan fingerprint density at radius 3 is 2.47 bits per heavy atom. The Labute approximate surface area is 182 Å². The number of nitrogens with one attached hydrogen (secondary N) is 1. The van der Waals surface area contributed by atoms with Crippen molar-refractivity contribution in [2.24, 2.45) is 0 Å². The van der Waals surface area contributed by atoms with E-state index in [1.54, 1.807) is 42.4 Å². The summed E-state index contributed by atoms with van der Waals surface area (Å²) in [6.07, 6.45) is 5.59. The number of anilines is 1. The van der Waals surface area contributed by atoms with E-state index in [1.165, 1.54) is 6.07 Å². The van der Waals surface area contributed by atoms with E-state index in [2.05, 4.69) is 23.3 Å². The summed E-state index contributed by atoms with van der Waals surface area (Å²) in [5.74, 6) is -2.45. The fourth-order valence-corrected chi connectivity index (χ4v) is 4.95. The van der Waals surface area contributed by atoms with Crippen LogP contribution in [0.3, 0.4) is 0 Å². The lowest BCUT2D eigenvalue weighted by molar-refractivity contribution is 0.101. The molecular weight excluding hydrogens is 426 g/mol. The lowest BCUT2D eigenvalue weighted by Gasteiger charge is -2.15. The van der Waals surface area contributed by atoms with Crippen LogP contribution >= 0.6 is 23.4 Å². The summed E-state index contributed by atoms with van der Waals surface area (Å²) < 4.78 is 27.6. The molecule has 2 unspecified atom stereocenters. The molecule has 2 atom stereocenters. The first-order chi connectivity index (χ1) is 14.4. The van der Waals surface area contributed by atoms with Crippen LogP contribution in [0.1, 0.15) is 34.3 Å². The standard InChI is InChI=1S/C23H17ClF2N2OS/c1-13-16(11-21(30-13)17-12-27-10-9-18(17)24)14-5-7-15(8-6-14)28-23(29)22-19(25)3-2-4-20(22)26/h2-13,16H,1H3,(H,28,29). The number of carbonyl (C=O) groups excluding carboxylic acids is 1. The molecule has 1 N–H and O–H groups in total. The number of allylic oxidation sites excluding steroid dienone is 1. The van der Waals surface area contributed by atoms with Crippen molar-refractivity contribution >= 4 is 39.9 Å². The van der Waals surface area contributed by atoms with E-state index in [1.807, 2.05) is 12.1 Å². The summed E-state index contributed by atoms with van der Waals surface area (Å²) in [6, 6.07) is 12.4. The SMILES string of the molecule is CC1SC(c2cnccc2Cl)=CC1c1ccc(NC(=O)c2c(F)cccc2F)cc1. The van der Waals surface area contributed by atoms with Crippen molar-refractivity contribution in [3.63, 3.8) is 0 Å². The highest BCUT2D eigenvalue weighted by Crippen LogP contribution is 2.47. The van der Waals surface area contributed by atoms with Gasteiger partial charge in [0.15, 0.2) is 0 Å². The van der Waals surface area contributed by atoms with Gasteiger partial charge < -0.3 is 5.32 Å². The summed E-state index contributed by atoms with van der Waals surface area (Å²) in [7, 11) is 0. The molecule has 0 fully saturated rings. The topological polar surface area (TPSA) is 42.0 Å². The van der Waals surface area contributed by atoms with Crippen molar-refractivity contribution in [2.75, 3.05) is 5.32 Å². The Hall–Kier alpha value is -2.70. The van der Waals surface area contributed by atoms with Gasteiger partial charge in [-0.15, -0.1) is 11.8 Å². The quantitative estimate of drug-likeness (QED) is 0.499. The highest BCUT2D eigenvalue weighted by Gasteiger charge is 2.28. The maximum absolute atomic E-state index is 13.8. The van der Waals surface area contributed by atoms with Crippen LogP contribution in [0.4, 0.5) is 14.5 Å². The third-order valence-corrected chi connectivity index (χ3v) is 6.53. The number of halogens is 3. The molecule has 0 saturated carbocycles. The lowest BCUT2D eigenvalue weighted by Crippen LogP contribution is -2.16. The van der Waals surface area contributed by atoms with Crippen LogP contribution < -0.4 is 5.32 Å². The molecule has 0 saturated heterocycles. The van der Waals surface area contributed by atoms with Crippen LogP contribution in [0.25, 0.3) is 4.91 Å². The van der Waals surface area contributed by atoms with Gasteiger partial charge in [0, 0.05) is 39.7 Å². The molecule has 2 heterocycles. The molecule has 3 nitrogen and oxygen atoms in total. The second kappa shape index (κ2) is 8.58. The third-order valence-electron chi connectivity index (χ3n) is 4.93. The van der Waals surface area contributed by atoms with Crippen LogP contribution in [0, 0.1) is 11.6 Å². The maximum Gasteiger partial charge on any atom is 0.261 e. The summed E-state index contributed by atoms with van der Waals surface area (Å²) in [6.45, 7) is 2.14. The van der Waals surface area contributed by atoms with E-state index in [0.29, 0.717) is 16.0 Å². The molecule has 1 amide bonds. The first-order valence-corrected chi connectivity index (χ1v) is 10.5. The van der Waals surface area contributed by atoms with E-state index < -0.39 is 23.1 Å². The average Bonchev–Trinajstić information content (AvgIpc) is 3.10. The fraction of sp³-hybridized carbons (Fsp3) is 0.130. The van der Waals surface area contributed by atoms with Crippen molar-refractivity contribution in [2.45, 2.75) is 18.1 Å². The molecule has 4 rings (SSSR count). The van der Waals surface area contributed by atoms with E-state index >= 15 is 0 Å². The average molecular weight is 443 g/mol. The molecule has 1 aromatic heterocycles. The van der Waals surface area contributed by atoms with Gasteiger partial charge in [-0.25, -0.2) is 8.78 Å². The minimum absolute atomic E-state index is 0.162. The van der Waals surface area contributed by atoms with Crippen LogP contribution in [0.2, 0.25) is 5.02 Å². The van der Waals surface area contributed by atoms with E-state index in [0.717, 1.165) is 28.2 Å². The summed E-state index contributed by atoms with van der Waals surface area (Å²) >= 11 is 8.03. The van der Waals surface area contributed by atoms with Gasteiger partial charge in [0.1, 0.15) is 17.2 Å². The van der Waals surface area contributed by atoms with Crippen molar-refractivity contribution in [1.29, 1.82) is 0 Å². The fourth-order valence-electron chi connectivity index (χ4n) is 3.39. The van der Waals surface area contributed by atoms with Crippen molar-refractivity contribution in [3.8, 4) is 0 Å². The van der Waals surface area contributed by atoms with E-state index in [9.17, 15) is 13.6 Å². The number of aromatic nitrogens is 1. The Balaban J connectivity index is 1.52. The maximum atomic E-state index is 13.8.